The van der Waals surface area contributed by atoms with Crippen molar-refractivity contribution in [3.05, 3.63) is 53.3 Å². The van der Waals surface area contributed by atoms with Crippen LogP contribution in [0.15, 0.2) is 47.6 Å². The molecule has 2 rings (SSSR count). The average Bonchev–Trinajstić information content (AvgIpc) is 2.41. The van der Waals surface area contributed by atoms with Crippen molar-refractivity contribution in [3.63, 3.8) is 0 Å². The van der Waals surface area contributed by atoms with Crippen molar-refractivity contribution in [2.24, 2.45) is 5.73 Å². The molecule has 0 saturated carbocycles. The summed E-state index contributed by atoms with van der Waals surface area (Å²) in [5, 5.41) is 0.211. The van der Waals surface area contributed by atoms with Crippen molar-refractivity contribution in [2.75, 3.05) is 4.72 Å². The summed E-state index contributed by atoms with van der Waals surface area (Å²) in [4.78, 5) is 4.01. The molecular weight excluding hydrogens is 318 g/mol. The van der Waals surface area contributed by atoms with Crippen LogP contribution in [0.25, 0.3) is 0 Å². The Morgan fingerprint density at radius 1 is 1.35 bits per heavy atom. The van der Waals surface area contributed by atoms with Crippen molar-refractivity contribution >= 4 is 44.5 Å². The Kier molecular flexibility index (Phi) is 4.22. The van der Waals surface area contributed by atoms with Crippen molar-refractivity contribution in [2.45, 2.75) is 4.90 Å². The van der Waals surface area contributed by atoms with Crippen molar-refractivity contribution in [1.82, 2.24) is 4.98 Å². The van der Waals surface area contributed by atoms with E-state index in [-0.39, 0.29) is 20.6 Å². The van der Waals surface area contributed by atoms with Crippen LogP contribution in [-0.4, -0.2) is 18.4 Å². The number of nitrogens with one attached hydrogen (secondary N) is 1. The molecule has 1 aromatic carbocycles. The number of nitrogens with two attached hydrogens (primary N) is 1. The molecule has 0 radical (unpaired) electrons. The summed E-state index contributed by atoms with van der Waals surface area (Å²) < 4.78 is 26.6. The van der Waals surface area contributed by atoms with Gasteiger partial charge in [0.05, 0.1) is 10.7 Å². The highest BCUT2D eigenvalue weighted by molar-refractivity contribution is 7.92. The smallest absolute Gasteiger partial charge is 0.263 e. The first-order valence-corrected chi connectivity index (χ1v) is 7.69. The lowest BCUT2D eigenvalue weighted by molar-refractivity contribution is 0.601. The molecule has 0 fully saturated rings. The molecule has 0 aliphatic heterocycles. The second-order valence-corrected chi connectivity index (χ2v) is 6.38. The molecule has 3 N–H and O–H groups in total. The number of anilines is 1. The standard InChI is InChI=1S/C12H10ClN3O2S2/c13-10-6-8(12(14)19)3-4-11(10)16-20(17,18)9-2-1-5-15-7-9/h1-7,16H,(H2,14,19). The van der Waals surface area contributed by atoms with E-state index in [2.05, 4.69) is 9.71 Å². The maximum atomic E-state index is 12.1. The van der Waals surface area contributed by atoms with Crippen LogP contribution in [0.3, 0.4) is 0 Å². The number of halogens is 1. The molecule has 5 nitrogen and oxygen atoms in total. The van der Waals surface area contributed by atoms with E-state index >= 15 is 0 Å². The van der Waals surface area contributed by atoms with Crippen molar-refractivity contribution in [1.29, 1.82) is 0 Å². The van der Waals surface area contributed by atoms with Crippen LogP contribution >= 0.6 is 23.8 Å². The highest BCUT2D eigenvalue weighted by atomic mass is 35.5. The third kappa shape index (κ3) is 3.24. The predicted molar refractivity (Wildman–Crippen MR) is 82.4 cm³/mol. The fourth-order valence-electron chi connectivity index (χ4n) is 1.46. The van der Waals surface area contributed by atoms with E-state index in [1.54, 1.807) is 6.07 Å². The lowest BCUT2D eigenvalue weighted by atomic mass is 10.2. The summed E-state index contributed by atoms with van der Waals surface area (Å²) in [7, 11) is -3.73. The molecule has 1 heterocycles. The zero-order valence-electron chi connectivity index (χ0n) is 10.1. The lowest BCUT2D eigenvalue weighted by Crippen LogP contribution is -2.14. The van der Waals surface area contributed by atoms with Crippen LogP contribution in [0.5, 0.6) is 0 Å². The van der Waals surface area contributed by atoms with E-state index in [0.717, 1.165) is 0 Å². The molecule has 0 saturated heterocycles. The third-order valence-corrected chi connectivity index (χ3v) is 4.34. The number of aromatic nitrogens is 1. The average molecular weight is 328 g/mol. The van der Waals surface area contributed by atoms with Crippen molar-refractivity contribution < 1.29 is 8.42 Å². The first-order chi connectivity index (χ1) is 9.40. The predicted octanol–water partition coefficient (Wildman–Crippen LogP) is 2.17. The molecule has 20 heavy (non-hydrogen) atoms. The number of hydrogen-bond acceptors (Lipinski definition) is 4. The minimum absolute atomic E-state index is 0.0505. The fourth-order valence-corrected chi connectivity index (χ4v) is 2.91. The van der Waals surface area contributed by atoms with Gasteiger partial charge < -0.3 is 5.73 Å². The summed E-state index contributed by atoms with van der Waals surface area (Å²) in [6.07, 6.45) is 2.74. The van der Waals surface area contributed by atoms with Gasteiger partial charge in [-0.25, -0.2) is 8.42 Å². The molecule has 2 aromatic rings. The third-order valence-electron chi connectivity index (χ3n) is 2.44. The van der Waals surface area contributed by atoms with Crippen LogP contribution < -0.4 is 10.5 Å². The molecule has 1 aromatic heterocycles. The van der Waals surface area contributed by atoms with Crippen LogP contribution in [0.2, 0.25) is 5.02 Å². The van der Waals surface area contributed by atoms with Gasteiger partial charge in [0.15, 0.2) is 0 Å². The number of sulfonamides is 1. The number of nitrogens with zero attached hydrogens (tertiary/aromatic N) is 1. The maximum Gasteiger partial charge on any atom is 0.263 e. The molecule has 0 spiro atoms. The lowest BCUT2D eigenvalue weighted by Gasteiger charge is -2.10. The molecule has 0 unspecified atom stereocenters. The van der Waals surface area contributed by atoms with Gasteiger partial charge in [0.1, 0.15) is 9.88 Å². The number of thiocarbonyl (C=S) groups is 1. The summed E-state index contributed by atoms with van der Waals surface area (Å²) >= 11 is 10.8. The van der Waals surface area contributed by atoms with Crippen LogP contribution in [0.4, 0.5) is 5.69 Å². The quantitative estimate of drug-likeness (QED) is 0.841. The van der Waals surface area contributed by atoms with E-state index in [4.69, 9.17) is 29.6 Å². The Labute approximate surface area is 126 Å². The number of rotatable bonds is 4. The van der Waals surface area contributed by atoms with Gasteiger partial charge in [0.25, 0.3) is 10.0 Å². The van der Waals surface area contributed by atoms with Gasteiger partial charge in [0, 0.05) is 18.0 Å². The second kappa shape index (κ2) is 5.74. The largest absolute Gasteiger partial charge is 0.389 e. The normalized spacial score (nSPS) is 11.1. The molecular formula is C12H10ClN3O2S2. The zero-order valence-corrected chi connectivity index (χ0v) is 12.5. The van der Waals surface area contributed by atoms with Crippen molar-refractivity contribution in [3.8, 4) is 0 Å². The zero-order chi connectivity index (χ0) is 14.8. The first-order valence-electron chi connectivity index (χ1n) is 5.42. The first kappa shape index (κ1) is 14.7. The minimum Gasteiger partial charge on any atom is -0.389 e. The highest BCUT2D eigenvalue weighted by Gasteiger charge is 2.16. The summed E-state index contributed by atoms with van der Waals surface area (Å²) in [6.45, 7) is 0. The number of hydrogen-bond donors (Lipinski definition) is 2. The van der Waals surface area contributed by atoms with E-state index in [1.807, 2.05) is 0 Å². The fraction of sp³-hybridized carbons (Fsp3) is 0. The van der Waals surface area contributed by atoms with Crippen LogP contribution in [-0.2, 0) is 10.0 Å². The van der Waals surface area contributed by atoms with Gasteiger partial charge in [-0.15, -0.1) is 0 Å². The molecule has 104 valence electrons. The molecule has 0 amide bonds. The molecule has 8 heteroatoms. The van der Waals surface area contributed by atoms with Gasteiger partial charge in [-0.3, -0.25) is 9.71 Å². The molecule has 0 aliphatic rings. The van der Waals surface area contributed by atoms with Gasteiger partial charge in [-0.2, -0.15) is 0 Å². The molecule has 0 bridgehead atoms. The summed E-state index contributed by atoms with van der Waals surface area (Å²) in [5.74, 6) is 0. The van der Waals surface area contributed by atoms with Gasteiger partial charge >= 0.3 is 0 Å². The van der Waals surface area contributed by atoms with E-state index in [9.17, 15) is 8.42 Å². The topological polar surface area (TPSA) is 85.1 Å². The SMILES string of the molecule is NC(=S)c1ccc(NS(=O)(=O)c2cccnc2)c(Cl)c1. The number of pyridine rings is 1. The Balaban J connectivity index is 2.33. The summed E-state index contributed by atoms with van der Waals surface area (Å²) in [5.41, 5.74) is 6.29. The Bertz CT molecular complexity index is 749. The van der Waals surface area contributed by atoms with Gasteiger partial charge in [0.2, 0.25) is 0 Å². The van der Waals surface area contributed by atoms with E-state index in [0.29, 0.717) is 5.56 Å². The van der Waals surface area contributed by atoms with E-state index in [1.165, 1.54) is 36.7 Å². The van der Waals surface area contributed by atoms with Crippen LogP contribution in [0, 0.1) is 0 Å². The second-order valence-electron chi connectivity index (χ2n) is 3.85. The van der Waals surface area contributed by atoms with Gasteiger partial charge in [-0.05, 0) is 30.3 Å². The van der Waals surface area contributed by atoms with Gasteiger partial charge in [-0.1, -0.05) is 23.8 Å². The van der Waals surface area contributed by atoms with Crippen LogP contribution in [0.1, 0.15) is 5.56 Å². The number of benzene rings is 1. The minimum atomic E-state index is -3.73. The Hall–Kier alpha value is -1.70. The Morgan fingerprint density at radius 2 is 2.10 bits per heavy atom. The van der Waals surface area contributed by atoms with E-state index < -0.39 is 10.0 Å². The molecule has 0 aliphatic carbocycles. The maximum absolute atomic E-state index is 12.1. The Morgan fingerprint density at radius 3 is 2.65 bits per heavy atom. The molecule has 0 atom stereocenters. The monoisotopic (exact) mass is 327 g/mol. The highest BCUT2D eigenvalue weighted by Crippen LogP contribution is 2.25. The summed E-state index contributed by atoms with van der Waals surface area (Å²) in [6, 6.07) is 7.57.